The number of hydrogen-bond donors (Lipinski definition) is 2. The molecule has 1 amide bonds. The van der Waals surface area contributed by atoms with Gasteiger partial charge in [0.15, 0.2) is 0 Å². The summed E-state index contributed by atoms with van der Waals surface area (Å²) in [6.45, 7) is 0. The number of alkyl carbamates (subject to hydrolysis) is 1. The molecule has 0 bridgehead atoms. The van der Waals surface area contributed by atoms with Crippen LogP contribution >= 0.6 is 0 Å². The Morgan fingerprint density at radius 3 is 2.60 bits per heavy atom. The van der Waals surface area contributed by atoms with Gasteiger partial charge in [-0.1, -0.05) is 30.3 Å². The Labute approximate surface area is 85.7 Å². The van der Waals surface area contributed by atoms with Gasteiger partial charge < -0.3 is 15.2 Å². The Bertz CT molecular complexity index is 390. The number of ether oxygens (including phenoxy) is 1. The van der Waals surface area contributed by atoms with Crippen LogP contribution < -0.4 is 5.32 Å². The molecule has 0 aromatic heterocycles. The summed E-state index contributed by atoms with van der Waals surface area (Å²) in [7, 11) is 0. The van der Waals surface area contributed by atoms with Crippen LogP contribution in [0.25, 0.3) is 0 Å². The van der Waals surface area contributed by atoms with Crippen LogP contribution in [0.15, 0.2) is 30.3 Å². The third-order valence-corrected chi connectivity index (χ3v) is 2.21. The molecule has 1 aromatic rings. The minimum Gasteiger partial charge on any atom is -0.478 e. The maximum Gasteiger partial charge on any atom is 0.408 e. The summed E-state index contributed by atoms with van der Waals surface area (Å²) in [6, 6.07) is 8.25. The molecule has 5 nitrogen and oxygen atoms in total. The van der Waals surface area contributed by atoms with Crippen LogP contribution in [0.5, 0.6) is 0 Å². The highest BCUT2D eigenvalue weighted by Gasteiger charge is 2.40. The van der Waals surface area contributed by atoms with E-state index >= 15 is 0 Å². The second-order valence-electron chi connectivity index (χ2n) is 3.20. The first-order chi connectivity index (χ1) is 7.18. The third kappa shape index (κ3) is 1.76. The lowest BCUT2D eigenvalue weighted by atomic mass is 10.0. The number of nitrogens with one attached hydrogen (secondary N) is 1. The molecule has 1 fully saturated rings. The standard InChI is InChI=1S/C10H9NO4/c12-9(13)8-7(11-10(14)15-8)6-4-2-1-3-5-6/h1-5,7-8H,(H,11,14)(H,12,13)/t7-,8+/m0/s1. The van der Waals surface area contributed by atoms with E-state index in [1.165, 1.54) is 0 Å². The van der Waals surface area contributed by atoms with Gasteiger partial charge in [-0.2, -0.15) is 0 Å². The lowest BCUT2D eigenvalue weighted by Gasteiger charge is -2.12. The molecule has 0 saturated carbocycles. The summed E-state index contributed by atoms with van der Waals surface area (Å²) >= 11 is 0. The van der Waals surface area contributed by atoms with Crippen LogP contribution in [0, 0.1) is 0 Å². The monoisotopic (exact) mass is 207 g/mol. The van der Waals surface area contributed by atoms with Crippen molar-refractivity contribution in [3.8, 4) is 0 Å². The van der Waals surface area contributed by atoms with Gasteiger partial charge in [0.05, 0.1) is 0 Å². The Balaban J connectivity index is 2.28. The van der Waals surface area contributed by atoms with E-state index in [4.69, 9.17) is 5.11 Å². The Kier molecular flexibility index (Phi) is 2.29. The number of carbonyl (C=O) groups is 2. The number of benzene rings is 1. The zero-order chi connectivity index (χ0) is 10.8. The van der Waals surface area contributed by atoms with Crippen LogP contribution in [0.4, 0.5) is 4.79 Å². The number of cyclic esters (lactones) is 1. The van der Waals surface area contributed by atoms with Gasteiger partial charge in [-0.25, -0.2) is 9.59 Å². The van der Waals surface area contributed by atoms with E-state index in [-0.39, 0.29) is 0 Å². The van der Waals surface area contributed by atoms with Gasteiger partial charge in [-0.3, -0.25) is 0 Å². The van der Waals surface area contributed by atoms with Gasteiger partial charge in [0, 0.05) is 0 Å². The van der Waals surface area contributed by atoms with Gasteiger partial charge in [-0.15, -0.1) is 0 Å². The largest absolute Gasteiger partial charge is 0.478 e. The first kappa shape index (κ1) is 9.51. The van der Waals surface area contributed by atoms with Crippen molar-refractivity contribution in [1.82, 2.24) is 5.32 Å². The summed E-state index contributed by atoms with van der Waals surface area (Å²) in [6.07, 6.45) is -1.85. The van der Waals surface area contributed by atoms with Crippen molar-refractivity contribution < 1.29 is 19.4 Å². The van der Waals surface area contributed by atoms with Gasteiger partial charge >= 0.3 is 12.1 Å². The van der Waals surface area contributed by atoms with Crippen molar-refractivity contribution >= 4 is 12.1 Å². The van der Waals surface area contributed by atoms with E-state index in [0.717, 1.165) is 5.56 Å². The number of carboxylic acid groups (broad SMARTS) is 1. The van der Waals surface area contributed by atoms with Crippen molar-refractivity contribution in [2.45, 2.75) is 12.1 Å². The second kappa shape index (κ2) is 3.61. The van der Waals surface area contributed by atoms with Gasteiger partial charge in [0.2, 0.25) is 6.10 Å². The molecule has 0 spiro atoms. The average Bonchev–Trinajstić information content (AvgIpc) is 2.62. The molecule has 15 heavy (non-hydrogen) atoms. The van der Waals surface area contributed by atoms with Crippen LogP contribution in [-0.2, 0) is 9.53 Å². The van der Waals surface area contributed by atoms with Gasteiger partial charge in [0.25, 0.3) is 0 Å². The predicted molar refractivity (Wildman–Crippen MR) is 50.2 cm³/mol. The highest BCUT2D eigenvalue weighted by Crippen LogP contribution is 2.24. The van der Waals surface area contributed by atoms with Crippen molar-refractivity contribution in [2.75, 3.05) is 0 Å². The minimum atomic E-state index is -1.15. The van der Waals surface area contributed by atoms with Gasteiger partial charge in [-0.05, 0) is 5.56 Å². The fourth-order valence-electron chi connectivity index (χ4n) is 1.53. The molecule has 1 aliphatic heterocycles. The molecule has 2 rings (SSSR count). The quantitative estimate of drug-likeness (QED) is 0.756. The average molecular weight is 207 g/mol. The maximum atomic E-state index is 10.9. The van der Waals surface area contributed by atoms with Crippen molar-refractivity contribution in [3.05, 3.63) is 35.9 Å². The van der Waals surface area contributed by atoms with E-state index in [9.17, 15) is 9.59 Å². The smallest absolute Gasteiger partial charge is 0.408 e. The van der Waals surface area contributed by atoms with E-state index < -0.39 is 24.2 Å². The number of carboxylic acids is 1. The predicted octanol–water partition coefficient (Wildman–Crippen LogP) is 0.921. The van der Waals surface area contributed by atoms with Crippen LogP contribution in [0.2, 0.25) is 0 Å². The van der Waals surface area contributed by atoms with E-state index in [2.05, 4.69) is 10.1 Å². The molecule has 0 unspecified atom stereocenters. The first-order valence-electron chi connectivity index (χ1n) is 4.43. The fourth-order valence-corrected chi connectivity index (χ4v) is 1.53. The molecule has 2 atom stereocenters. The van der Waals surface area contributed by atoms with E-state index in [1.807, 2.05) is 6.07 Å². The summed E-state index contributed by atoms with van der Waals surface area (Å²) in [5, 5.41) is 11.3. The second-order valence-corrected chi connectivity index (χ2v) is 3.20. The van der Waals surface area contributed by atoms with Crippen molar-refractivity contribution in [1.29, 1.82) is 0 Å². The number of amides is 1. The topological polar surface area (TPSA) is 75.6 Å². The number of rotatable bonds is 2. The lowest BCUT2D eigenvalue weighted by Crippen LogP contribution is -2.28. The highest BCUT2D eigenvalue weighted by molar-refractivity contribution is 5.82. The van der Waals surface area contributed by atoms with E-state index in [1.54, 1.807) is 24.3 Å². The van der Waals surface area contributed by atoms with Crippen LogP contribution in [0.3, 0.4) is 0 Å². The van der Waals surface area contributed by atoms with Crippen LogP contribution in [0.1, 0.15) is 11.6 Å². The normalized spacial score (nSPS) is 24.4. The molecule has 0 aliphatic carbocycles. The summed E-state index contributed by atoms with van der Waals surface area (Å²) in [5.41, 5.74) is 0.718. The summed E-state index contributed by atoms with van der Waals surface area (Å²) in [4.78, 5) is 21.8. The van der Waals surface area contributed by atoms with Crippen molar-refractivity contribution in [3.63, 3.8) is 0 Å². The molecule has 1 heterocycles. The maximum absolute atomic E-state index is 10.9. The SMILES string of the molecule is O=C1N[C@@H](c2ccccc2)[C@H](C(=O)O)O1. The minimum absolute atomic E-state index is 0.615. The molecule has 1 aromatic carbocycles. The van der Waals surface area contributed by atoms with E-state index in [0.29, 0.717) is 0 Å². The van der Waals surface area contributed by atoms with Crippen LogP contribution in [-0.4, -0.2) is 23.3 Å². The number of carbonyl (C=O) groups excluding carboxylic acids is 1. The third-order valence-electron chi connectivity index (χ3n) is 2.21. The molecule has 1 aliphatic rings. The molecule has 1 saturated heterocycles. The Hall–Kier alpha value is -2.04. The Morgan fingerprint density at radius 1 is 1.33 bits per heavy atom. The number of aliphatic carboxylic acids is 1. The zero-order valence-electron chi connectivity index (χ0n) is 7.71. The van der Waals surface area contributed by atoms with Crippen molar-refractivity contribution in [2.24, 2.45) is 0 Å². The molecular formula is C10H9NO4. The summed E-state index contributed by atoms with van der Waals surface area (Å²) in [5.74, 6) is -1.15. The molecular weight excluding hydrogens is 198 g/mol. The van der Waals surface area contributed by atoms with Gasteiger partial charge in [0.1, 0.15) is 6.04 Å². The first-order valence-corrected chi connectivity index (χ1v) is 4.43. The number of hydrogen-bond acceptors (Lipinski definition) is 3. The molecule has 2 N–H and O–H groups in total. The summed E-state index contributed by atoms with van der Waals surface area (Å²) < 4.78 is 4.64. The molecule has 78 valence electrons. The molecule has 5 heteroatoms. The molecule has 0 radical (unpaired) electrons. The zero-order valence-corrected chi connectivity index (χ0v) is 7.71. The highest BCUT2D eigenvalue weighted by atomic mass is 16.6. The fraction of sp³-hybridized carbons (Fsp3) is 0.200. The Morgan fingerprint density at radius 2 is 2.00 bits per heavy atom. The lowest BCUT2D eigenvalue weighted by molar-refractivity contribution is -0.146.